The minimum Gasteiger partial charge on any atom is -0.378 e. The van der Waals surface area contributed by atoms with Crippen molar-refractivity contribution in [2.75, 3.05) is 20.2 Å². The smallest absolute Gasteiger partial charge is 0.134 e. The molecule has 0 aliphatic heterocycles. The Kier molecular flexibility index (Phi) is 8.15. The first-order valence-electron chi connectivity index (χ1n) is 7.47. The standard InChI is InChI=1S/C18H24FNO2/c1-4-5-17(10-11-20(3)12-13-22-19)18-8-6-16(7-9-18)14-15(2)21/h5-11H,4,12-14H2,1-3H3/b11-10-,17-5-. The van der Waals surface area contributed by atoms with Crippen LogP contribution < -0.4 is 0 Å². The molecule has 0 saturated carbocycles. The highest BCUT2D eigenvalue weighted by Crippen LogP contribution is 2.18. The van der Waals surface area contributed by atoms with Crippen molar-refractivity contribution < 1.29 is 14.3 Å². The quantitative estimate of drug-likeness (QED) is 0.647. The van der Waals surface area contributed by atoms with Gasteiger partial charge in [0.15, 0.2) is 0 Å². The highest BCUT2D eigenvalue weighted by atomic mass is 19.3. The van der Waals surface area contributed by atoms with Crippen molar-refractivity contribution in [3.05, 3.63) is 53.7 Å². The summed E-state index contributed by atoms with van der Waals surface area (Å²) in [4.78, 5) is 16.6. The Morgan fingerprint density at radius 3 is 2.55 bits per heavy atom. The van der Waals surface area contributed by atoms with Crippen LogP contribution in [0.4, 0.5) is 4.53 Å². The van der Waals surface area contributed by atoms with Crippen LogP contribution in [0.1, 0.15) is 31.4 Å². The van der Waals surface area contributed by atoms with E-state index in [2.05, 4.69) is 17.9 Å². The van der Waals surface area contributed by atoms with Crippen LogP contribution in [0.5, 0.6) is 0 Å². The van der Waals surface area contributed by atoms with E-state index in [1.165, 1.54) is 0 Å². The molecule has 0 aliphatic carbocycles. The van der Waals surface area contributed by atoms with Gasteiger partial charge in [-0.05, 0) is 46.8 Å². The molecule has 1 aromatic carbocycles. The monoisotopic (exact) mass is 305 g/mol. The van der Waals surface area contributed by atoms with Crippen molar-refractivity contribution in [2.45, 2.75) is 26.7 Å². The topological polar surface area (TPSA) is 29.5 Å². The van der Waals surface area contributed by atoms with Crippen LogP contribution in [-0.4, -0.2) is 30.9 Å². The number of halogens is 1. The van der Waals surface area contributed by atoms with Gasteiger partial charge in [-0.2, -0.15) is 4.94 Å². The Morgan fingerprint density at radius 2 is 2.00 bits per heavy atom. The van der Waals surface area contributed by atoms with E-state index >= 15 is 0 Å². The van der Waals surface area contributed by atoms with Crippen LogP contribution in [0.3, 0.4) is 0 Å². The van der Waals surface area contributed by atoms with E-state index < -0.39 is 0 Å². The average Bonchev–Trinajstić information content (AvgIpc) is 2.49. The zero-order chi connectivity index (χ0) is 16.4. The van der Waals surface area contributed by atoms with E-state index in [1.807, 2.05) is 48.5 Å². The molecule has 0 amide bonds. The average molecular weight is 305 g/mol. The Morgan fingerprint density at radius 1 is 1.32 bits per heavy atom. The summed E-state index contributed by atoms with van der Waals surface area (Å²) in [6.45, 7) is 4.21. The third-order valence-corrected chi connectivity index (χ3v) is 3.19. The lowest BCUT2D eigenvalue weighted by Gasteiger charge is -2.12. The van der Waals surface area contributed by atoms with Crippen LogP contribution in [-0.2, 0) is 16.2 Å². The second-order valence-corrected chi connectivity index (χ2v) is 5.25. The van der Waals surface area contributed by atoms with Gasteiger partial charge < -0.3 is 4.90 Å². The van der Waals surface area contributed by atoms with Gasteiger partial charge in [0, 0.05) is 20.0 Å². The Bertz CT molecular complexity index is 520. The van der Waals surface area contributed by atoms with Gasteiger partial charge >= 0.3 is 0 Å². The molecule has 0 heterocycles. The lowest BCUT2D eigenvalue weighted by Crippen LogP contribution is -2.15. The minimum atomic E-state index is 0.0490. The predicted molar refractivity (Wildman–Crippen MR) is 87.9 cm³/mol. The molecule has 0 aromatic heterocycles. The zero-order valence-electron chi connectivity index (χ0n) is 13.5. The minimum absolute atomic E-state index is 0.0490. The first kappa shape index (κ1) is 18.1. The summed E-state index contributed by atoms with van der Waals surface area (Å²) in [6.07, 6.45) is 7.43. The summed E-state index contributed by atoms with van der Waals surface area (Å²) >= 11 is 0. The summed E-state index contributed by atoms with van der Waals surface area (Å²) in [5.74, 6) is 0.161. The summed E-state index contributed by atoms with van der Waals surface area (Å²) < 4.78 is 11.7. The number of carbonyl (C=O) groups excluding carboxylic acids is 1. The van der Waals surface area contributed by atoms with Crippen LogP contribution in [0.25, 0.3) is 5.57 Å². The Labute approximate surface area is 132 Å². The predicted octanol–water partition coefficient (Wildman–Crippen LogP) is 3.96. The van der Waals surface area contributed by atoms with E-state index in [9.17, 15) is 9.32 Å². The molecule has 0 aliphatic rings. The number of Topliss-reactive ketones (excluding diaryl/α,β-unsaturated/α-hetero) is 1. The Balaban J connectivity index is 2.80. The van der Waals surface area contributed by atoms with Gasteiger partial charge in [-0.25, -0.2) is 0 Å². The maximum Gasteiger partial charge on any atom is 0.134 e. The van der Waals surface area contributed by atoms with Gasteiger partial charge in [-0.1, -0.05) is 37.3 Å². The van der Waals surface area contributed by atoms with Gasteiger partial charge in [0.2, 0.25) is 0 Å². The Hall–Kier alpha value is -1.94. The van der Waals surface area contributed by atoms with Crippen molar-refractivity contribution in [1.29, 1.82) is 0 Å². The molecule has 22 heavy (non-hydrogen) atoms. The fourth-order valence-corrected chi connectivity index (χ4v) is 2.07. The largest absolute Gasteiger partial charge is 0.378 e. The number of allylic oxidation sites excluding steroid dienone is 3. The fraction of sp³-hybridized carbons (Fsp3) is 0.389. The van der Waals surface area contributed by atoms with E-state index in [0.717, 1.165) is 23.1 Å². The lowest BCUT2D eigenvalue weighted by molar-refractivity contribution is -0.133. The van der Waals surface area contributed by atoms with Gasteiger partial charge in [-0.15, -0.1) is 0 Å². The molecule has 0 N–H and O–H groups in total. The summed E-state index contributed by atoms with van der Waals surface area (Å²) in [6, 6.07) is 8.01. The van der Waals surface area contributed by atoms with Gasteiger partial charge in [0.25, 0.3) is 0 Å². The highest BCUT2D eigenvalue weighted by molar-refractivity contribution is 5.79. The molecule has 0 atom stereocenters. The van der Waals surface area contributed by atoms with Crippen molar-refractivity contribution in [3.63, 3.8) is 0 Å². The number of rotatable bonds is 9. The maximum atomic E-state index is 11.7. The molecule has 0 saturated heterocycles. The summed E-state index contributed by atoms with van der Waals surface area (Å²) in [5, 5.41) is 0. The van der Waals surface area contributed by atoms with Crippen LogP contribution in [0.2, 0.25) is 0 Å². The first-order chi connectivity index (χ1) is 10.6. The van der Waals surface area contributed by atoms with Crippen molar-refractivity contribution in [2.24, 2.45) is 0 Å². The van der Waals surface area contributed by atoms with Crippen molar-refractivity contribution in [3.8, 4) is 0 Å². The molecular weight excluding hydrogens is 281 g/mol. The number of nitrogens with zero attached hydrogens (tertiary/aromatic N) is 1. The zero-order valence-corrected chi connectivity index (χ0v) is 13.5. The number of carbonyl (C=O) groups is 1. The van der Waals surface area contributed by atoms with E-state index in [0.29, 0.717) is 13.0 Å². The summed E-state index contributed by atoms with van der Waals surface area (Å²) in [7, 11) is 1.87. The maximum absolute atomic E-state index is 11.7. The van der Waals surface area contributed by atoms with Gasteiger partial charge in [0.05, 0.1) is 0 Å². The number of ketones is 1. The van der Waals surface area contributed by atoms with E-state index in [-0.39, 0.29) is 12.4 Å². The second kappa shape index (κ2) is 9.90. The van der Waals surface area contributed by atoms with E-state index in [4.69, 9.17) is 0 Å². The normalized spacial score (nSPS) is 11.9. The molecule has 0 radical (unpaired) electrons. The molecule has 0 bridgehead atoms. The molecule has 0 fully saturated rings. The number of benzene rings is 1. The third-order valence-electron chi connectivity index (χ3n) is 3.19. The van der Waals surface area contributed by atoms with E-state index in [1.54, 1.807) is 6.92 Å². The molecule has 4 heteroatoms. The number of hydrogen-bond acceptors (Lipinski definition) is 3. The number of likely N-dealkylation sites (N-methyl/N-ethyl adjacent to an activating group) is 1. The van der Waals surface area contributed by atoms with Gasteiger partial charge in [0.1, 0.15) is 12.4 Å². The van der Waals surface area contributed by atoms with Crippen LogP contribution >= 0.6 is 0 Å². The molecule has 0 unspecified atom stereocenters. The third kappa shape index (κ3) is 6.68. The lowest BCUT2D eigenvalue weighted by atomic mass is 10.0. The SMILES string of the molecule is CC/C=C(/C=C\N(C)CCOF)c1ccc(CC(C)=O)cc1. The van der Waals surface area contributed by atoms with Crippen LogP contribution in [0, 0.1) is 0 Å². The molecular formula is C18H24FNO2. The van der Waals surface area contributed by atoms with Crippen molar-refractivity contribution >= 4 is 11.4 Å². The fourth-order valence-electron chi connectivity index (χ4n) is 2.07. The molecule has 0 spiro atoms. The number of hydrogen-bond donors (Lipinski definition) is 0. The molecule has 3 nitrogen and oxygen atoms in total. The first-order valence-corrected chi connectivity index (χ1v) is 7.47. The van der Waals surface area contributed by atoms with Crippen LogP contribution in [0.15, 0.2) is 42.6 Å². The molecule has 1 aromatic rings. The van der Waals surface area contributed by atoms with Crippen molar-refractivity contribution in [1.82, 2.24) is 4.90 Å². The summed E-state index contributed by atoms with van der Waals surface area (Å²) in [5.41, 5.74) is 3.22. The highest BCUT2D eigenvalue weighted by Gasteiger charge is 2.01. The van der Waals surface area contributed by atoms with Gasteiger partial charge in [-0.3, -0.25) is 4.79 Å². The molecule has 120 valence electrons. The second-order valence-electron chi connectivity index (χ2n) is 5.25. The molecule has 1 rings (SSSR count).